The third-order valence-electron chi connectivity index (χ3n) is 4.38. The van der Waals surface area contributed by atoms with Crippen LogP contribution in [-0.4, -0.2) is 34.2 Å². The fraction of sp³-hybridized carbons (Fsp3) is 0.467. The molecule has 96 valence electrons. The first-order valence-electron chi connectivity index (χ1n) is 6.57. The molecule has 0 saturated heterocycles. The van der Waals surface area contributed by atoms with Crippen molar-refractivity contribution in [2.75, 3.05) is 13.6 Å². The summed E-state index contributed by atoms with van der Waals surface area (Å²) in [6.45, 7) is 3.37. The van der Waals surface area contributed by atoms with Gasteiger partial charge in [0.2, 0.25) is 0 Å². The number of aromatic nitrogens is 1. The molecule has 1 aliphatic rings. The summed E-state index contributed by atoms with van der Waals surface area (Å²) in [6, 6.07) is 6.28. The lowest BCUT2D eigenvalue weighted by atomic mass is 10.1. The molecule has 1 aromatic carbocycles. The number of nitrogens with zero attached hydrogens (tertiary/aromatic N) is 2. The van der Waals surface area contributed by atoms with E-state index >= 15 is 0 Å². The number of phenolic OH excluding ortho intramolecular Hbond substituents is 1. The average molecular weight is 244 g/mol. The van der Waals surface area contributed by atoms with Crippen molar-refractivity contribution in [2.45, 2.75) is 25.8 Å². The van der Waals surface area contributed by atoms with Crippen LogP contribution in [0.4, 0.5) is 0 Å². The van der Waals surface area contributed by atoms with Gasteiger partial charge in [-0.2, -0.15) is 0 Å². The Bertz CT molecular complexity index is 600. The second-order valence-corrected chi connectivity index (χ2v) is 5.47. The van der Waals surface area contributed by atoms with Crippen molar-refractivity contribution in [2.24, 2.45) is 7.05 Å². The van der Waals surface area contributed by atoms with Crippen molar-refractivity contribution in [1.82, 2.24) is 9.47 Å². The van der Waals surface area contributed by atoms with Gasteiger partial charge >= 0.3 is 0 Å². The number of aromatic hydroxyl groups is 1. The number of benzene rings is 1. The first-order chi connectivity index (χ1) is 8.58. The molecular weight excluding hydrogens is 224 g/mol. The Morgan fingerprint density at radius 3 is 2.83 bits per heavy atom. The maximum Gasteiger partial charge on any atom is 0.116 e. The van der Waals surface area contributed by atoms with Crippen LogP contribution in [-0.2, 0) is 19.9 Å². The Morgan fingerprint density at radius 1 is 1.28 bits per heavy atom. The highest BCUT2D eigenvalue weighted by Gasteiger charge is 2.23. The van der Waals surface area contributed by atoms with Crippen molar-refractivity contribution < 1.29 is 5.11 Å². The minimum atomic E-state index is 0.363. The lowest BCUT2D eigenvalue weighted by Gasteiger charge is -2.21. The van der Waals surface area contributed by atoms with Gasteiger partial charge in [-0.05, 0) is 44.2 Å². The number of hydrogen-bond acceptors (Lipinski definition) is 2. The lowest BCUT2D eigenvalue weighted by Crippen LogP contribution is -2.30. The van der Waals surface area contributed by atoms with Crippen LogP contribution in [0.15, 0.2) is 18.2 Å². The maximum atomic E-state index is 9.70. The van der Waals surface area contributed by atoms with Gasteiger partial charge in [-0.1, -0.05) is 0 Å². The van der Waals surface area contributed by atoms with Crippen LogP contribution in [0.25, 0.3) is 10.9 Å². The molecule has 3 rings (SSSR count). The highest BCUT2D eigenvalue weighted by molar-refractivity contribution is 5.87. The molecule has 1 aromatic heterocycles. The van der Waals surface area contributed by atoms with E-state index in [1.807, 2.05) is 12.1 Å². The van der Waals surface area contributed by atoms with Crippen molar-refractivity contribution in [3.05, 3.63) is 29.5 Å². The number of likely N-dealkylation sites (N-methyl/N-ethyl adjacent to an activating group) is 1. The topological polar surface area (TPSA) is 28.4 Å². The van der Waals surface area contributed by atoms with E-state index in [0.29, 0.717) is 11.8 Å². The minimum absolute atomic E-state index is 0.363. The van der Waals surface area contributed by atoms with Crippen molar-refractivity contribution >= 4 is 10.9 Å². The molecule has 1 atom stereocenters. The average Bonchev–Trinajstić information content (AvgIpc) is 2.49. The lowest BCUT2D eigenvalue weighted by molar-refractivity contribution is 0.266. The van der Waals surface area contributed by atoms with Gasteiger partial charge < -0.3 is 14.6 Å². The van der Waals surface area contributed by atoms with E-state index in [4.69, 9.17) is 0 Å². The second-order valence-electron chi connectivity index (χ2n) is 5.47. The van der Waals surface area contributed by atoms with Crippen LogP contribution in [0, 0.1) is 0 Å². The largest absolute Gasteiger partial charge is 0.508 e. The molecule has 18 heavy (non-hydrogen) atoms. The van der Waals surface area contributed by atoms with Crippen LogP contribution < -0.4 is 0 Å². The first-order valence-corrected chi connectivity index (χ1v) is 6.57. The van der Waals surface area contributed by atoms with E-state index in [1.54, 1.807) is 6.07 Å². The van der Waals surface area contributed by atoms with Gasteiger partial charge in [-0.25, -0.2) is 0 Å². The number of aryl methyl sites for hydroxylation is 1. The zero-order chi connectivity index (χ0) is 12.9. The predicted octanol–water partition coefficient (Wildman–Crippen LogP) is 2.30. The third-order valence-corrected chi connectivity index (χ3v) is 4.38. The van der Waals surface area contributed by atoms with Crippen molar-refractivity contribution in [3.8, 4) is 5.75 Å². The highest BCUT2D eigenvalue weighted by Crippen LogP contribution is 2.31. The molecule has 0 fully saturated rings. The fourth-order valence-electron chi connectivity index (χ4n) is 3.04. The molecule has 0 spiro atoms. The molecule has 3 nitrogen and oxygen atoms in total. The normalized spacial score (nSPS) is 20.9. The van der Waals surface area contributed by atoms with Gasteiger partial charge in [0.25, 0.3) is 0 Å². The van der Waals surface area contributed by atoms with Crippen LogP contribution in [0.3, 0.4) is 0 Å². The number of phenols is 1. The first kappa shape index (κ1) is 11.6. The van der Waals surface area contributed by atoms with Gasteiger partial charge in [-0.15, -0.1) is 0 Å². The summed E-state index contributed by atoms with van der Waals surface area (Å²) in [7, 11) is 4.33. The standard InChI is InChI=1S/C15H20N2O/c1-10-8-15-12(6-7-16(10)2)13-9-11(18)4-5-14(13)17(15)3/h4-5,9-10,18H,6-8H2,1-3H3. The Balaban J connectivity index is 2.23. The van der Waals surface area contributed by atoms with E-state index in [2.05, 4.69) is 30.5 Å². The van der Waals surface area contributed by atoms with Gasteiger partial charge in [0.05, 0.1) is 0 Å². The molecule has 1 N–H and O–H groups in total. The van der Waals surface area contributed by atoms with Gasteiger partial charge in [0.1, 0.15) is 5.75 Å². The highest BCUT2D eigenvalue weighted by atomic mass is 16.3. The maximum absolute atomic E-state index is 9.70. The van der Waals surface area contributed by atoms with Gasteiger partial charge in [0.15, 0.2) is 0 Å². The minimum Gasteiger partial charge on any atom is -0.508 e. The van der Waals surface area contributed by atoms with Gasteiger partial charge in [0, 0.05) is 42.7 Å². The molecule has 0 bridgehead atoms. The summed E-state index contributed by atoms with van der Waals surface area (Å²) in [5.41, 5.74) is 4.07. The third kappa shape index (κ3) is 1.62. The fourth-order valence-corrected chi connectivity index (χ4v) is 3.04. The van der Waals surface area contributed by atoms with E-state index < -0.39 is 0 Å². The molecule has 1 unspecified atom stereocenters. The number of fused-ring (bicyclic) bond motifs is 3. The summed E-state index contributed by atoms with van der Waals surface area (Å²) in [5.74, 6) is 0.363. The summed E-state index contributed by atoms with van der Waals surface area (Å²) in [6.07, 6.45) is 2.15. The Labute approximate surface area is 108 Å². The SMILES string of the molecule is CC1Cc2c(c3cc(O)ccc3n2C)CCN1C. The molecule has 1 aliphatic heterocycles. The molecule has 2 heterocycles. The molecule has 3 heteroatoms. The van der Waals surface area contributed by atoms with Crippen molar-refractivity contribution in [3.63, 3.8) is 0 Å². The number of hydrogen-bond donors (Lipinski definition) is 1. The summed E-state index contributed by atoms with van der Waals surface area (Å²) < 4.78 is 2.29. The Hall–Kier alpha value is -1.48. The van der Waals surface area contributed by atoms with E-state index in [0.717, 1.165) is 19.4 Å². The molecule has 0 aliphatic carbocycles. The van der Waals surface area contributed by atoms with Crippen molar-refractivity contribution in [1.29, 1.82) is 0 Å². The number of rotatable bonds is 0. The molecule has 0 radical (unpaired) electrons. The smallest absolute Gasteiger partial charge is 0.116 e. The molecular formula is C15H20N2O. The van der Waals surface area contributed by atoms with Crippen LogP contribution in [0.5, 0.6) is 5.75 Å². The summed E-state index contributed by atoms with van der Waals surface area (Å²) in [4.78, 5) is 2.41. The molecule has 0 saturated carbocycles. The molecule has 0 amide bonds. The predicted molar refractivity (Wildman–Crippen MR) is 74.1 cm³/mol. The zero-order valence-electron chi connectivity index (χ0n) is 11.3. The van der Waals surface area contributed by atoms with E-state index in [1.165, 1.54) is 22.2 Å². The monoisotopic (exact) mass is 244 g/mol. The van der Waals surface area contributed by atoms with Crippen LogP contribution in [0.2, 0.25) is 0 Å². The van der Waals surface area contributed by atoms with E-state index in [-0.39, 0.29) is 0 Å². The Morgan fingerprint density at radius 2 is 2.06 bits per heavy atom. The van der Waals surface area contributed by atoms with Crippen LogP contribution >= 0.6 is 0 Å². The van der Waals surface area contributed by atoms with Gasteiger partial charge in [-0.3, -0.25) is 0 Å². The Kier molecular flexibility index (Phi) is 2.59. The van der Waals surface area contributed by atoms with Crippen LogP contribution in [0.1, 0.15) is 18.2 Å². The quantitative estimate of drug-likeness (QED) is 0.770. The summed E-state index contributed by atoms with van der Waals surface area (Å²) in [5, 5.41) is 10.9. The summed E-state index contributed by atoms with van der Waals surface area (Å²) >= 11 is 0. The second kappa shape index (κ2) is 4.02. The zero-order valence-corrected chi connectivity index (χ0v) is 11.3. The molecule has 2 aromatic rings. The van der Waals surface area contributed by atoms with E-state index in [9.17, 15) is 5.11 Å².